The first-order chi connectivity index (χ1) is 14.1. The van der Waals surface area contributed by atoms with Gasteiger partial charge in [-0.3, -0.25) is 9.52 Å². The molecule has 0 radical (unpaired) electrons. The van der Waals surface area contributed by atoms with Gasteiger partial charge in [-0.2, -0.15) is 0 Å². The Labute approximate surface area is 182 Å². The van der Waals surface area contributed by atoms with E-state index >= 15 is 0 Å². The quantitative estimate of drug-likeness (QED) is 0.541. The van der Waals surface area contributed by atoms with Crippen molar-refractivity contribution >= 4 is 33.0 Å². The van der Waals surface area contributed by atoms with E-state index < -0.39 is 10.0 Å². The summed E-state index contributed by atoms with van der Waals surface area (Å²) in [6, 6.07) is 17.7. The minimum absolute atomic E-state index is 0.0811. The molecule has 0 aliphatic heterocycles. The Morgan fingerprint density at radius 1 is 0.967 bits per heavy atom. The van der Waals surface area contributed by atoms with Crippen LogP contribution in [0.3, 0.4) is 0 Å². The number of nitrogens with one attached hydrogen (secondary N) is 2. The summed E-state index contributed by atoms with van der Waals surface area (Å²) in [6.07, 6.45) is 0. The van der Waals surface area contributed by atoms with Gasteiger partial charge in [-0.1, -0.05) is 51.1 Å². The van der Waals surface area contributed by atoms with Gasteiger partial charge in [-0.05, 0) is 59.2 Å². The van der Waals surface area contributed by atoms with Crippen molar-refractivity contribution in [1.29, 1.82) is 0 Å². The lowest BCUT2D eigenvalue weighted by Crippen LogP contribution is -2.26. The molecule has 0 unspecified atom stereocenters. The van der Waals surface area contributed by atoms with E-state index in [1.54, 1.807) is 41.8 Å². The number of carbonyl (C=O) groups is 1. The second kappa shape index (κ2) is 8.62. The molecule has 1 aromatic heterocycles. The number of hydrogen-bond acceptors (Lipinski definition) is 4. The SMILES string of the molecule is C[C@@H](NC(=O)c1ccc(NS(=O)(=O)c2cccs2)cc1)c1ccc(C(C)(C)C)cc1. The second-order valence-electron chi connectivity index (χ2n) is 8.18. The van der Waals surface area contributed by atoms with Crippen molar-refractivity contribution in [2.24, 2.45) is 0 Å². The lowest BCUT2D eigenvalue weighted by molar-refractivity contribution is 0.0940. The van der Waals surface area contributed by atoms with Crippen LogP contribution in [0, 0.1) is 0 Å². The van der Waals surface area contributed by atoms with E-state index in [9.17, 15) is 13.2 Å². The molecule has 0 fully saturated rings. The van der Waals surface area contributed by atoms with Crippen LogP contribution in [0.25, 0.3) is 0 Å². The highest BCUT2D eigenvalue weighted by molar-refractivity contribution is 7.94. The van der Waals surface area contributed by atoms with Crippen LogP contribution in [0.2, 0.25) is 0 Å². The summed E-state index contributed by atoms with van der Waals surface area (Å²) in [5, 5.41) is 4.69. The van der Waals surface area contributed by atoms with Crippen LogP contribution >= 0.6 is 11.3 Å². The van der Waals surface area contributed by atoms with Crippen molar-refractivity contribution < 1.29 is 13.2 Å². The summed E-state index contributed by atoms with van der Waals surface area (Å²) >= 11 is 1.15. The van der Waals surface area contributed by atoms with Gasteiger partial charge in [0.2, 0.25) is 0 Å². The molecule has 1 heterocycles. The Morgan fingerprint density at radius 3 is 2.13 bits per heavy atom. The predicted molar refractivity (Wildman–Crippen MR) is 123 cm³/mol. The molecule has 7 heteroatoms. The van der Waals surface area contributed by atoms with Gasteiger partial charge in [0.05, 0.1) is 6.04 Å². The first-order valence-corrected chi connectivity index (χ1v) is 12.0. The lowest BCUT2D eigenvalue weighted by Gasteiger charge is -2.20. The van der Waals surface area contributed by atoms with Gasteiger partial charge in [0.1, 0.15) is 4.21 Å². The van der Waals surface area contributed by atoms with Crippen LogP contribution in [0.4, 0.5) is 5.69 Å². The molecule has 2 N–H and O–H groups in total. The van der Waals surface area contributed by atoms with E-state index in [4.69, 9.17) is 0 Å². The van der Waals surface area contributed by atoms with Crippen LogP contribution in [0.1, 0.15) is 55.2 Å². The number of sulfonamides is 1. The first kappa shape index (κ1) is 22.1. The highest BCUT2D eigenvalue weighted by Gasteiger charge is 2.17. The Hall–Kier alpha value is -2.64. The van der Waals surface area contributed by atoms with Gasteiger partial charge >= 0.3 is 0 Å². The molecule has 30 heavy (non-hydrogen) atoms. The molecule has 0 spiro atoms. The highest BCUT2D eigenvalue weighted by Crippen LogP contribution is 2.24. The molecule has 158 valence electrons. The number of hydrogen-bond donors (Lipinski definition) is 2. The fourth-order valence-corrected chi connectivity index (χ4v) is 5.00. The zero-order valence-corrected chi connectivity index (χ0v) is 19.1. The van der Waals surface area contributed by atoms with Crippen molar-refractivity contribution in [3.05, 3.63) is 82.7 Å². The average molecular weight is 443 g/mol. The highest BCUT2D eigenvalue weighted by atomic mass is 32.2. The Morgan fingerprint density at radius 2 is 1.60 bits per heavy atom. The molecular weight excluding hydrogens is 416 g/mol. The van der Waals surface area contributed by atoms with Crippen LogP contribution in [-0.2, 0) is 15.4 Å². The molecule has 0 aliphatic carbocycles. The lowest BCUT2D eigenvalue weighted by atomic mass is 9.86. The van der Waals surface area contributed by atoms with Gasteiger partial charge in [-0.25, -0.2) is 8.42 Å². The Balaban J connectivity index is 1.64. The van der Waals surface area contributed by atoms with Gasteiger partial charge < -0.3 is 5.32 Å². The van der Waals surface area contributed by atoms with E-state index in [1.807, 2.05) is 19.1 Å². The summed E-state index contributed by atoms with van der Waals surface area (Å²) in [7, 11) is -3.60. The summed E-state index contributed by atoms with van der Waals surface area (Å²) in [4.78, 5) is 12.6. The zero-order chi connectivity index (χ0) is 21.9. The van der Waals surface area contributed by atoms with Crippen LogP contribution in [0.5, 0.6) is 0 Å². The number of anilines is 1. The number of carbonyl (C=O) groups excluding carboxylic acids is 1. The normalized spacial score (nSPS) is 12.9. The fourth-order valence-electron chi connectivity index (χ4n) is 2.95. The van der Waals surface area contributed by atoms with Gasteiger partial charge in [0.15, 0.2) is 0 Å². The monoisotopic (exact) mass is 442 g/mol. The molecule has 0 saturated carbocycles. The minimum atomic E-state index is -3.60. The van der Waals surface area contributed by atoms with Gasteiger partial charge in [0.25, 0.3) is 15.9 Å². The predicted octanol–water partition coefficient (Wildman–Crippen LogP) is 5.34. The largest absolute Gasteiger partial charge is 0.346 e. The summed E-state index contributed by atoms with van der Waals surface area (Å²) < 4.78 is 27.3. The minimum Gasteiger partial charge on any atom is -0.346 e. The molecule has 3 rings (SSSR count). The Kier molecular flexibility index (Phi) is 6.33. The molecule has 3 aromatic rings. The van der Waals surface area contributed by atoms with Crippen molar-refractivity contribution in [1.82, 2.24) is 5.32 Å². The third-order valence-corrected chi connectivity index (χ3v) is 7.56. The molecule has 0 bridgehead atoms. The maximum Gasteiger partial charge on any atom is 0.271 e. The van der Waals surface area contributed by atoms with E-state index in [2.05, 4.69) is 42.9 Å². The smallest absolute Gasteiger partial charge is 0.271 e. The number of benzene rings is 2. The van der Waals surface area contributed by atoms with E-state index in [0.717, 1.165) is 16.9 Å². The van der Waals surface area contributed by atoms with Crippen molar-refractivity contribution in [3.63, 3.8) is 0 Å². The fraction of sp³-hybridized carbons (Fsp3) is 0.261. The summed E-state index contributed by atoms with van der Waals surface area (Å²) in [6.45, 7) is 8.43. The maximum absolute atomic E-state index is 12.6. The average Bonchev–Trinajstić information content (AvgIpc) is 3.23. The molecular formula is C23H26N2O3S2. The van der Waals surface area contributed by atoms with Crippen molar-refractivity contribution in [2.45, 2.75) is 43.4 Å². The zero-order valence-electron chi connectivity index (χ0n) is 17.5. The summed E-state index contributed by atoms with van der Waals surface area (Å²) in [5.41, 5.74) is 3.22. The third-order valence-electron chi connectivity index (χ3n) is 4.78. The topological polar surface area (TPSA) is 75.3 Å². The van der Waals surface area contributed by atoms with E-state index in [1.165, 1.54) is 5.56 Å². The molecule has 0 saturated heterocycles. The van der Waals surface area contributed by atoms with Gasteiger partial charge in [-0.15, -0.1) is 11.3 Å². The van der Waals surface area contributed by atoms with Crippen LogP contribution < -0.4 is 10.0 Å². The summed E-state index contributed by atoms with van der Waals surface area (Å²) in [5.74, 6) is -0.213. The molecule has 5 nitrogen and oxygen atoms in total. The molecule has 2 aromatic carbocycles. The molecule has 1 atom stereocenters. The third kappa shape index (κ3) is 5.29. The van der Waals surface area contributed by atoms with Crippen molar-refractivity contribution in [2.75, 3.05) is 4.72 Å². The van der Waals surface area contributed by atoms with Crippen LogP contribution in [-0.4, -0.2) is 14.3 Å². The van der Waals surface area contributed by atoms with E-state index in [-0.39, 0.29) is 21.6 Å². The first-order valence-electron chi connectivity index (χ1n) is 9.64. The number of amides is 1. The van der Waals surface area contributed by atoms with Crippen molar-refractivity contribution in [3.8, 4) is 0 Å². The standard InChI is InChI=1S/C23H26N2O3S2/c1-16(17-7-11-19(12-8-17)23(2,3)4)24-22(26)18-9-13-20(14-10-18)25-30(27,28)21-6-5-15-29-21/h5-16,25H,1-4H3,(H,24,26)/t16-/m1/s1. The number of rotatable bonds is 6. The molecule has 0 aliphatic rings. The Bertz CT molecular complexity index is 1100. The van der Waals surface area contributed by atoms with Gasteiger partial charge in [0, 0.05) is 11.3 Å². The molecule has 1 amide bonds. The van der Waals surface area contributed by atoms with Crippen LogP contribution in [0.15, 0.2) is 70.3 Å². The van der Waals surface area contributed by atoms with E-state index in [0.29, 0.717) is 11.3 Å². The number of thiophene rings is 1. The second-order valence-corrected chi connectivity index (χ2v) is 11.0. The maximum atomic E-state index is 12.6.